The van der Waals surface area contributed by atoms with Crippen LogP contribution < -0.4 is 5.56 Å². The van der Waals surface area contributed by atoms with Crippen LogP contribution in [0.2, 0.25) is 0 Å². The van der Waals surface area contributed by atoms with E-state index in [1.54, 1.807) is 0 Å². The first-order valence-electron chi connectivity index (χ1n) is 3.99. The molecule has 0 radical (unpaired) electrons. The molecule has 0 bridgehead atoms. The van der Waals surface area contributed by atoms with Gasteiger partial charge in [0.05, 0.1) is 18.3 Å². The van der Waals surface area contributed by atoms with E-state index in [-0.39, 0.29) is 11.2 Å². The fraction of sp³-hybridized carbons (Fsp3) is 0.250. The van der Waals surface area contributed by atoms with Gasteiger partial charge in [0.1, 0.15) is 5.65 Å². The van der Waals surface area contributed by atoms with Gasteiger partial charge in [0, 0.05) is 6.20 Å². The average Bonchev–Trinajstić information content (AvgIpc) is 2.49. The minimum absolute atomic E-state index is 0.286. The molecule has 0 fully saturated rings. The Morgan fingerprint density at radius 3 is 3.07 bits per heavy atom. The summed E-state index contributed by atoms with van der Waals surface area (Å²) in [6, 6.07) is 1.48. The molecule has 14 heavy (non-hydrogen) atoms. The summed E-state index contributed by atoms with van der Waals surface area (Å²) in [5.41, 5.74) is -0.0305. The second-order valence-corrected chi connectivity index (χ2v) is 2.83. The summed E-state index contributed by atoms with van der Waals surface area (Å²) in [5, 5.41) is 0.327. The van der Waals surface area contributed by atoms with Gasteiger partial charge in [0.25, 0.3) is 12.0 Å². The number of nitrogens with one attached hydrogen (secondary N) is 1. The number of alkyl halides is 2. The smallest absolute Gasteiger partial charge is 0.260 e. The van der Waals surface area contributed by atoms with Gasteiger partial charge in [-0.2, -0.15) is 0 Å². The number of hydrogen-bond donors (Lipinski definition) is 1. The van der Waals surface area contributed by atoms with Crippen LogP contribution in [0.1, 0.15) is 0 Å². The van der Waals surface area contributed by atoms with Crippen LogP contribution in [0, 0.1) is 0 Å². The van der Waals surface area contributed by atoms with Crippen molar-refractivity contribution in [2.24, 2.45) is 0 Å². The van der Waals surface area contributed by atoms with E-state index < -0.39 is 13.0 Å². The van der Waals surface area contributed by atoms with Crippen molar-refractivity contribution in [3.8, 4) is 0 Å². The number of aromatic amines is 1. The standard InChI is InChI=1S/C8H7F2N3O/c9-6(10)3-13-2-1-5-7(13)11-4-12-8(5)14/h1-2,4,6H,3H2,(H,11,12,14). The second-order valence-electron chi connectivity index (χ2n) is 2.83. The van der Waals surface area contributed by atoms with Crippen molar-refractivity contribution < 1.29 is 8.78 Å². The molecule has 0 spiro atoms. The molecule has 0 aliphatic heterocycles. The van der Waals surface area contributed by atoms with Gasteiger partial charge >= 0.3 is 0 Å². The first-order valence-corrected chi connectivity index (χ1v) is 3.99. The molecular weight excluding hydrogens is 192 g/mol. The maximum absolute atomic E-state index is 12.1. The van der Waals surface area contributed by atoms with Gasteiger partial charge in [-0.15, -0.1) is 0 Å². The Morgan fingerprint density at radius 1 is 1.57 bits per heavy atom. The van der Waals surface area contributed by atoms with Crippen LogP contribution in [0.25, 0.3) is 11.0 Å². The average molecular weight is 199 g/mol. The molecule has 2 aromatic rings. The zero-order valence-electron chi connectivity index (χ0n) is 7.08. The highest BCUT2D eigenvalue weighted by Crippen LogP contribution is 2.09. The summed E-state index contributed by atoms with van der Waals surface area (Å²) < 4.78 is 25.4. The normalized spacial score (nSPS) is 11.4. The summed E-state index contributed by atoms with van der Waals surface area (Å²) >= 11 is 0. The Kier molecular flexibility index (Phi) is 2.03. The number of hydrogen-bond acceptors (Lipinski definition) is 2. The molecule has 2 heterocycles. The highest BCUT2D eigenvalue weighted by Gasteiger charge is 2.09. The lowest BCUT2D eigenvalue weighted by Crippen LogP contribution is -2.09. The van der Waals surface area contributed by atoms with E-state index in [1.807, 2.05) is 0 Å². The third-order valence-electron chi connectivity index (χ3n) is 1.90. The summed E-state index contributed by atoms with van der Waals surface area (Å²) in [6.07, 6.45) is 0.179. The maximum Gasteiger partial charge on any atom is 0.260 e. The highest BCUT2D eigenvalue weighted by molar-refractivity contribution is 5.74. The van der Waals surface area contributed by atoms with Crippen molar-refractivity contribution in [2.75, 3.05) is 0 Å². The zero-order valence-corrected chi connectivity index (χ0v) is 7.08. The van der Waals surface area contributed by atoms with Gasteiger partial charge in [0.2, 0.25) is 0 Å². The van der Waals surface area contributed by atoms with Crippen molar-refractivity contribution in [2.45, 2.75) is 13.0 Å². The minimum atomic E-state index is -2.45. The van der Waals surface area contributed by atoms with Gasteiger partial charge in [-0.25, -0.2) is 13.8 Å². The molecule has 0 amide bonds. The fourth-order valence-electron chi connectivity index (χ4n) is 1.31. The van der Waals surface area contributed by atoms with E-state index in [9.17, 15) is 13.6 Å². The molecule has 74 valence electrons. The summed E-state index contributed by atoms with van der Waals surface area (Å²) in [5.74, 6) is 0. The zero-order chi connectivity index (χ0) is 10.1. The third kappa shape index (κ3) is 1.39. The SMILES string of the molecule is O=c1[nH]cnc2c1ccn2CC(F)F. The molecule has 0 aliphatic rings. The molecule has 0 saturated heterocycles. The van der Waals surface area contributed by atoms with Crippen LogP contribution in [0.5, 0.6) is 0 Å². The summed E-state index contributed by atoms with van der Waals surface area (Å²) in [6.45, 7) is -0.444. The number of rotatable bonds is 2. The van der Waals surface area contributed by atoms with Crippen LogP contribution in [0.3, 0.4) is 0 Å². The van der Waals surface area contributed by atoms with E-state index in [1.165, 1.54) is 23.2 Å². The topological polar surface area (TPSA) is 50.7 Å². The van der Waals surface area contributed by atoms with Gasteiger partial charge in [-0.1, -0.05) is 0 Å². The van der Waals surface area contributed by atoms with E-state index in [4.69, 9.17) is 0 Å². The predicted molar refractivity (Wildman–Crippen MR) is 46.4 cm³/mol. The Morgan fingerprint density at radius 2 is 2.36 bits per heavy atom. The van der Waals surface area contributed by atoms with Crippen molar-refractivity contribution >= 4 is 11.0 Å². The van der Waals surface area contributed by atoms with Gasteiger partial charge in [-0.3, -0.25) is 4.79 Å². The molecule has 0 aromatic carbocycles. The number of H-pyrrole nitrogens is 1. The van der Waals surface area contributed by atoms with Crippen LogP contribution in [0.15, 0.2) is 23.4 Å². The van der Waals surface area contributed by atoms with Gasteiger partial charge in [0.15, 0.2) is 0 Å². The molecule has 6 heteroatoms. The van der Waals surface area contributed by atoms with Gasteiger partial charge in [-0.05, 0) is 6.07 Å². The lowest BCUT2D eigenvalue weighted by molar-refractivity contribution is 0.128. The predicted octanol–water partition coefficient (Wildman–Crippen LogP) is 0.990. The molecule has 2 aromatic heterocycles. The number of aromatic nitrogens is 3. The quantitative estimate of drug-likeness (QED) is 0.784. The second kappa shape index (κ2) is 3.21. The van der Waals surface area contributed by atoms with Crippen molar-refractivity contribution in [3.05, 3.63) is 28.9 Å². The lowest BCUT2D eigenvalue weighted by atomic mass is 10.4. The van der Waals surface area contributed by atoms with Crippen LogP contribution in [0.4, 0.5) is 8.78 Å². The third-order valence-corrected chi connectivity index (χ3v) is 1.90. The minimum Gasteiger partial charge on any atom is -0.327 e. The first kappa shape index (κ1) is 8.86. The van der Waals surface area contributed by atoms with Crippen LogP contribution in [-0.2, 0) is 6.54 Å². The number of nitrogens with zero attached hydrogens (tertiary/aromatic N) is 2. The Labute approximate surface area is 77.2 Å². The Balaban J connectivity index is 2.58. The number of halogens is 2. The van der Waals surface area contributed by atoms with E-state index in [0.29, 0.717) is 5.39 Å². The largest absolute Gasteiger partial charge is 0.327 e. The molecule has 4 nitrogen and oxygen atoms in total. The Bertz CT molecular complexity index is 503. The van der Waals surface area contributed by atoms with Crippen molar-refractivity contribution in [3.63, 3.8) is 0 Å². The molecule has 0 aliphatic carbocycles. The van der Waals surface area contributed by atoms with Crippen LogP contribution in [-0.4, -0.2) is 21.0 Å². The molecule has 2 rings (SSSR count). The van der Waals surface area contributed by atoms with E-state index in [2.05, 4.69) is 9.97 Å². The monoisotopic (exact) mass is 199 g/mol. The molecule has 1 N–H and O–H groups in total. The molecular formula is C8H7F2N3O. The van der Waals surface area contributed by atoms with Gasteiger partial charge < -0.3 is 9.55 Å². The van der Waals surface area contributed by atoms with Crippen molar-refractivity contribution in [1.82, 2.24) is 14.5 Å². The molecule has 0 atom stereocenters. The number of fused-ring (bicyclic) bond motifs is 1. The molecule has 0 saturated carbocycles. The van der Waals surface area contributed by atoms with Crippen LogP contribution >= 0.6 is 0 Å². The Hall–Kier alpha value is -1.72. The molecule has 0 unspecified atom stereocenters. The van der Waals surface area contributed by atoms with E-state index >= 15 is 0 Å². The first-order chi connectivity index (χ1) is 6.68. The van der Waals surface area contributed by atoms with E-state index in [0.717, 1.165) is 0 Å². The highest BCUT2D eigenvalue weighted by atomic mass is 19.3. The maximum atomic E-state index is 12.1. The van der Waals surface area contributed by atoms with Crippen molar-refractivity contribution in [1.29, 1.82) is 0 Å². The summed E-state index contributed by atoms with van der Waals surface area (Å²) in [4.78, 5) is 17.4. The summed E-state index contributed by atoms with van der Waals surface area (Å²) in [7, 11) is 0. The lowest BCUT2D eigenvalue weighted by Gasteiger charge is -2.01. The fourth-order valence-corrected chi connectivity index (χ4v) is 1.31.